The van der Waals surface area contributed by atoms with Gasteiger partial charge in [-0.25, -0.2) is 13.1 Å². The lowest BCUT2D eigenvalue weighted by Crippen LogP contribution is -2.27. The monoisotopic (exact) mass is 486 g/mol. The van der Waals surface area contributed by atoms with Gasteiger partial charge in [-0.05, 0) is 48.5 Å². The van der Waals surface area contributed by atoms with Gasteiger partial charge >= 0.3 is 0 Å². The minimum absolute atomic E-state index is 0.0665. The first-order valence-electron chi connectivity index (χ1n) is 8.58. The van der Waals surface area contributed by atoms with Crippen molar-refractivity contribution >= 4 is 55.6 Å². The Morgan fingerprint density at radius 1 is 1.00 bits per heavy atom. The first-order valence-corrected chi connectivity index (χ1v) is 11.6. The van der Waals surface area contributed by atoms with Crippen molar-refractivity contribution in [2.75, 3.05) is 11.9 Å². The fourth-order valence-electron chi connectivity index (χ4n) is 2.22. The summed E-state index contributed by atoms with van der Waals surface area (Å²) in [5.74, 6) is 0.239. The summed E-state index contributed by atoms with van der Waals surface area (Å²) < 4.78 is 32.3. The number of anilines is 1. The molecular formula is C18H16Cl2N4O4S2. The van der Waals surface area contributed by atoms with Gasteiger partial charge in [0.05, 0.1) is 4.90 Å². The summed E-state index contributed by atoms with van der Waals surface area (Å²) in [5, 5.41) is 12.3. The molecule has 1 amide bonds. The maximum absolute atomic E-state index is 12.2. The molecule has 0 spiro atoms. The fourth-order valence-corrected chi connectivity index (χ4v) is 4.17. The number of rotatable bonds is 9. The van der Waals surface area contributed by atoms with Crippen LogP contribution in [0.1, 0.15) is 11.4 Å². The fraction of sp³-hybridized carbons (Fsp3) is 0.167. The van der Waals surface area contributed by atoms with E-state index in [1.807, 2.05) is 0 Å². The van der Waals surface area contributed by atoms with Crippen LogP contribution in [-0.2, 0) is 21.4 Å². The van der Waals surface area contributed by atoms with E-state index in [2.05, 4.69) is 20.2 Å². The Morgan fingerprint density at radius 2 is 1.63 bits per heavy atom. The number of ether oxygens (including phenoxy) is 1. The molecule has 158 valence electrons. The molecule has 0 radical (unpaired) electrons. The molecule has 2 N–H and O–H groups in total. The molecule has 1 heterocycles. The zero-order valence-electron chi connectivity index (χ0n) is 15.3. The lowest BCUT2D eigenvalue weighted by molar-refractivity contribution is -0.116. The van der Waals surface area contributed by atoms with Gasteiger partial charge in [-0.3, -0.25) is 4.79 Å². The summed E-state index contributed by atoms with van der Waals surface area (Å²) in [5.41, 5.74) is 0. The highest BCUT2D eigenvalue weighted by Gasteiger charge is 2.15. The number of aromatic nitrogens is 2. The molecular weight excluding hydrogens is 471 g/mol. The molecule has 2 aromatic carbocycles. The van der Waals surface area contributed by atoms with Gasteiger partial charge in [0.15, 0.2) is 5.01 Å². The number of carbonyl (C=O) groups excluding carboxylic acids is 1. The highest BCUT2D eigenvalue weighted by Crippen LogP contribution is 2.20. The maximum atomic E-state index is 12.2. The van der Waals surface area contributed by atoms with Gasteiger partial charge in [-0.15, -0.1) is 10.2 Å². The number of carbonyl (C=O) groups is 1. The van der Waals surface area contributed by atoms with E-state index in [0.717, 1.165) is 11.3 Å². The number of halogens is 2. The smallest absolute Gasteiger partial charge is 0.240 e. The molecule has 0 saturated carbocycles. The second-order valence-electron chi connectivity index (χ2n) is 5.89. The summed E-state index contributed by atoms with van der Waals surface area (Å²) >= 11 is 12.7. The molecule has 0 aliphatic carbocycles. The quantitative estimate of drug-likeness (QED) is 0.476. The summed E-state index contributed by atoms with van der Waals surface area (Å²) in [6.07, 6.45) is -0.0665. The molecule has 0 atom stereocenters. The third-order valence-corrected chi connectivity index (χ3v) is 6.45. The van der Waals surface area contributed by atoms with Crippen molar-refractivity contribution in [1.82, 2.24) is 14.9 Å². The van der Waals surface area contributed by atoms with Gasteiger partial charge in [-0.1, -0.05) is 34.5 Å². The second kappa shape index (κ2) is 10.2. The van der Waals surface area contributed by atoms with E-state index in [1.54, 1.807) is 24.3 Å². The number of sulfonamides is 1. The van der Waals surface area contributed by atoms with Crippen molar-refractivity contribution in [1.29, 1.82) is 0 Å². The van der Waals surface area contributed by atoms with E-state index in [9.17, 15) is 13.2 Å². The summed E-state index contributed by atoms with van der Waals surface area (Å²) in [7, 11) is -3.72. The highest BCUT2D eigenvalue weighted by molar-refractivity contribution is 7.89. The minimum Gasteiger partial charge on any atom is -0.486 e. The zero-order valence-corrected chi connectivity index (χ0v) is 18.5. The summed E-state index contributed by atoms with van der Waals surface area (Å²) in [4.78, 5) is 12.1. The molecule has 12 heteroatoms. The summed E-state index contributed by atoms with van der Waals surface area (Å²) in [6, 6.07) is 12.6. The third kappa shape index (κ3) is 6.64. The average molecular weight is 487 g/mol. The van der Waals surface area contributed by atoms with Gasteiger partial charge in [0, 0.05) is 23.0 Å². The van der Waals surface area contributed by atoms with Crippen molar-refractivity contribution in [2.24, 2.45) is 0 Å². The predicted molar refractivity (Wildman–Crippen MR) is 116 cm³/mol. The van der Waals surface area contributed by atoms with Gasteiger partial charge in [0.25, 0.3) is 0 Å². The van der Waals surface area contributed by atoms with Crippen molar-refractivity contribution < 1.29 is 17.9 Å². The maximum Gasteiger partial charge on any atom is 0.240 e. The Balaban J connectivity index is 1.44. The largest absolute Gasteiger partial charge is 0.486 e. The molecule has 0 aliphatic heterocycles. The molecule has 3 aromatic rings. The normalized spacial score (nSPS) is 11.3. The topological polar surface area (TPSA) is 110 Å². The van der Waals surface area contributed by atoms with Gasteiger partial charge in [0.1, 0.15) is 12.4 Å². The van der Waals surface area contributed by atoms with Crippen LogP contribution in [0.3, 0.4) is 0 Å². The number of hydrogen-bond acceptors (Lipinski definition) is 7. The van der Waals surface area contributed by atoms with Crippen molar-refractivity contribution in [3.05, 3.63) is 63.6 Å². The minimum atomic E-state index is -3.72. The molecule has 30 heavy (non-hydrogen) atoms. The van der Waals surface area contributed by atoms with Crippen LogP contribution in [0.4, 0.5) is 5.13 Å². The van der Waals surface area contributed by atoms with Crippen LogP contribution < -0.4 is 14.8 Å². The Kier molecular flexibility index (Phi) is 7.62. The standard InChI is InChI=1S/C18H16Cl2N4O4S2/c19-12-1-5-14(6-2-12)28-11-17-23-24-18(29-17)22-16(25)9-10-21-30(26,27)15-7-3-13(20)4-8-15/h1-8,21H,9-11H2,(H,22,24,25). The van der Waals surface area contributed by atoms with E-state index >= 15 is 0 Å². The van der Waals surface area contributed by atoms with Crippen LogP contribution in [0.5, 0.6) is 5.75 Å². The van der Waals surface area contributed by atoms with Crippen LogP contribution in [0, 0.1) is 0 Å². The van der Waals surface area contributed by atoms with E-state index in [1.165, 1.54) is 24.3 Å². The molecule has 8 nitrogen and oxygen atoms in total. The van der Waals surface area contributed by atoms with Crippen LogP contribution in [0.2, 0.25) is 10.0 Å². The zero-order chi connectivity index (χ0) is 21.6. The van der Waals surface area contributed by atoms with Gasteiger partial charge in [0.2, 0.25) is 21.1 Å². The Hall–Kier alpha value is -2.24. The Labute approximate surface area is 187 Å². The van der Waals surface area contributed by atoms with Gasteiger partial charge < -0.3 is 10.1 Å². The van der Waals surface area contributed by atoms with E-state index in [4.69, 9.17) is 27.9 Å². The van der Waals surface area contributed by atoms with Crippen LogP contribution in [0.15, 0.2) is 53.4 Å². The Morgan fingerprint density at radius 3 is 2.30 bits per heavy atom. The van der Waals surface area contributed by atoms with E-state index < -0.39 is 15.9 Å². The highest BCUT2D eigenvalue weighted by atomic mass is 35.5. The van der Waals surface area contributed by atoms with Crippen LogP contribution in [0.25, 0.3) is 0 Å². The molecule has 0 saturated heterocycles. The first kappa shape index (κ1) is 22.4. The lowest BCUT2D eigenvalue weighted by Gasteiger charge is -2.06. The van der Waals surface area contributed by atoms with Gasteiger partial charge in [-0.2, -0.15) is 0 Å². The molecule has 0 unspecified atom stereocenters. The third-order valence-electron chi connectivity index (χ3n) is 3.66. The molecule has 3 rings (SSSR count). The number of benzene rings is 2. The van der Waals surface area contributed by atoms with Crippen molar-refractivity contribution in [3.63, 3.8) is 0 Å². The number of nitrogens with one attached hydrogen (secondary N) is 2. The number of hydrogen-bond donors (Lipinski definition) is 2. The van der Waals surface area contributed by atoms with Crippen LogP contribution in [-0.4, -0.2) is 31.1 Å². The second-order valence-corrected chi connectivity index (χ2v) is 9.60. The SMILES string of the molecule is O=C(CCNS(=O)(=O)c1ccc(Cl)cc1)Nc1nnc(COc2ccc(Cl)cc2)s1. The lowest BCUT2D eigenvalue weighted by atomic mass is 10.3. The predicted octanol–water partition coefficient (Wildman–Crippen LogP) is 3.73. The molecule has 0 bridgehead atoms. The number of nitrogens with zero attached hydrogens (tertiary/aromatic N) is 2. The molecule has 1 aromatic heterocycles. The van der Waals surface area contributed by atoms with E-state index in [-0.39, 0.29) is 24.5 Å². The van der Waals surface area contributed by atoms with E-state index in [0.29, 0.717) is 25.9 Å². The summed E-state index contributed by atoms with van der Waals surface area (Å²) in [6.45, 7) is 0.123. The number of amides is 1. The van der Waals surface area contributed by atoms with Crippen molar-refractivity contribution in [2.45, 2.75) is 17.9 Å². The molecule has 0 fully saturated rings. The first-order chi connectivity index (χ1) is 14.3. The van der Waals surface area contributed by atoms with Crippen LogP contribution >= 0.6 is 34.5 Å². The Bertz CT molecular complexity index is 1100. The average Bonchev–Trinajstić information content (AvgIpc) is 3.15. The molecule has 0 aliphatic rings. The van der Waals surface area contributed by atoms with Crippen molar-refractivity contribution in [3.8, 4) is 5.75 Å².